The number of sulfonamides is 2. The zero-order valence-electron chi connectivity index (χ0n) is 48.7. The molecule has 0 bridgehead atoms. The number of benzene rings is 5. The second kappa shape index (κ2) is 35.7. The van der Waals surface area contributed by atoms with Gasteiger partial charge in [0, 0.05) is 18.2 Å². The fourth-order valence-electron chi connectivity index (χ4n) is 7.72. The number of carbonyl (C=O) groups excluding carboxylic acids is 2. The molecule has 2 aliphatic rings. The highest BCUT2D eigenvalue weighted by Crippen LogP contribution is 2.25. The molecule has 2 saturated heterocycles. The first-order valence-corrected chi connectivity index (χ1v) is 30.3. The van der Waals surface area contributed by atoms with Crippen LogP contribution in [0.4, 0.5) is 15.3 Å². The summed E-state index contributed by atoms with van der Waals surface area (Å²) in [7, 11) is -5.17. The van der Waals surface area contributed by atoms with Crippen molar-refractivity contribution >= 4 is 38.0 Å². The Hall–Kier alpha value is -6.90. The van der Waals surface area contributed by atoms with Gasteiger partial charge in [-0.25, -0.2) is 26.4 Å². The zero-order chi connectivity index (χ0) is 62.7. The van der Waals surface area contributed by atoms with Gasteiger partial charge in [0.1, 0.15) is 30.8 Å². The van der Waals surface area contributed by atoms with Crippen molar-refractivity contribution in [1.29, 1.82) is 0 Å². The Labute approximate surface area is 501 Å². The lowest BCUT2D eigenvalue weighted by Crippen LogP contribution is -2.52. The third-order valence-corrected chi connectivity index (χ3v) is 16.2. The molecule has 0 aromatic heterocycles. The lowest BCUT2D eigenvalue weighted by Gasteiger charge is -2.31. The van der Waals surface area contributed by atoms with Crippen LogP contribution < -0.4 is 25.3 Å². The summed E-state index contributed by atoms with van der Waals surface area (Å²) in [6.07, 6.45) is -4.27. The summed E-state index contributed by atoms with van der Waals surface area (Å²) >= 11 is 0. The van der Waals surface area contributed by atoms with Crippen LogP contribution in [0.25, 0.3) is 0 Å². The third kappa shape index (κ3) is 23.1. The van der Waals surface area contributed by atoms with Crippen LogP contribution in [0.15, 0.2) is 143 Å². The molecule has 2 aliphatic heterocycles. The molecule has 5 aromatic rings. The summed E-state index contributed by atoms with van der Waals surface area (Å²) in [5.74, 6) is 1.20. The molecule has 5 N–H and O–H groups in total. The maximum atomic E-state index is 13.5. The normalized spacial score (nSPS) is 16.1. The summed E-state index contributed by atoms with van der Waals surface area (Å²) in [4.78, 5) is 45.4. The van der Waals surface area contributed by atoms with Crippen LogP contribution in [0.2, 0.25) is 0 Å². The van der Waals surface area contributed by atoms with E-state index >= 15 is 0 Å². The number of amides is 1. The van der Waals surface area contributed by atoms with Crippen LogP contribution in [-0.4, -0.2) is 169 Å². The van der Waals surface area contributed by atoms with Crippen molar-refractivity contribution in [2.45, 2.75) is 112 Å². The number of nitrogens with one attached hydrogen (secondary N) is 1. The van der Waals surface area contributed by atoms with Gasteiger partial charge in [0.2, 0.25) is 0 Å². The number of aliphatic hydroxyl groups is 2. The van der Waals surface area contributed by atoms with Gasteiger partial charge in [-0.1, -0.05) is 83.4 Å². The Kier molecular flexibility index (Phi) is 29.0. The molecule has 86 heavy (non-hydrogen) atoms. The van der Waals surface area contributed by atoms with Gasteiger partial charge in [0.25, 0.3) is 25.7 Å². The van der Waals surface area contributed by atoms with E-state index < -0.39 is 86.4 Å². The molecule has 26 nitrogen and oxygen atoms in total. The van der Waals surface area contributed by atoms with E-state index in [9.17, 15) is 46.8 Å². The Bertz CT molecular complexity index is 3020. The molecule has 0 aliphatic carbocycles. The quantitative estimate of drug-likeness (QED) is 0.0193. The highest BCUT2D eigenvalue weighted by atomic mass is 32.2. The first kappa shape index (κ1) is 69.9. The van der Waals surface area contributed by atoms with E-state index in [2.05, 4.69) is 5.32 Å². The lowest BCUT2D eigenvalue weighted by molar-refractivity contribution is -0.384. The number of nitro groups is 1. The number of aliphatic hydroxyl groups excluding tert-OH is 2. The van der Waals surface area contributed by atoms with E-state index in [1.54, 1.807) is 26.0 Å². The predicted octanol–water partition coefficient (Wildman–Crippen LogP) is 6.32. The molecule has 5 aromatic carbocycles. The molecule has 6 atom stereocenters. The number of hydrogen-bond acceptors (Lipinski definition) is 22. The van der Waals surface area contributed by atoms with Gasteiger partial charge in [0.15, 0.2) is 12.2 Å². The molecule has 472 valence electrons. The van der Waals surface area contributed by atoms with E-state index in [1.807, 2.05) is 74.5 Å². The number of non-ortho nitro benzene ring substituents is 1. The molecule has 0 saturated carbocycles. The van der Waals surface area contributed by atoms with Crippen LogP contribution >= 0.6 is 0 Å². The minimum absolute atomic E-state index is 0.0296. The summed E-state index contributed by atoms with van der Waals surface area (Å²) in [6, 6.07) is 34.1. The molecule has 1 amide bonds. The Morgan fingerprint density at radius 1 is 0.628 bits per heavy atom. The van der Waals surface area contributed by atoms with Crippen LogP contribution in [0.1, 0.15) is 51.7 Å². The van der Waals surface area contributed by atoms with Crippen molar-refractivity contribution in [1.82, 2.24) is 14.3 Å². The molecular formula is C58H77N5O21S2. The van der Waals surface area contributed by atoms with E-state index in [1.165, 1.54) is 74.9 Å². The van der Waals surface area contributed by atoms with E-state index in [0.717, 1.165) is 20.1 Å². The summed E-state index contributed by atoms with van der Waals surface area (Å²) < 4.78 is 100. The number of alkyl carbamates (subject to hydrolysis) is 1. The first-order chi connectivity index (χ1) is 41.1. The number of carbonyl (C=O) groups is 2. The highest BCUT2D eigenvalue weighted by molar-refractivity contribution is 7.89. The summed E-state index contributed by atoms with van der Waals surface area (Å²) in [6.45, 7) is 7.72. The molecule has 2 unspecified atom stereocenters. The fourth-order valence-corrected chi connectivity index (χ4v) is 10.4. The average Bonchev–Trinajstić information content (AvgIpc) is 3.64. The van der Waals surface area contributed by atoms with Gasteiger partial charge in [-0.3, -0.25) is 19.8 Å². The molecular weight excluding hydrogens is 1170 g/mol. The number of nitrogens with two attached hydrogens (primary N) is 1. The molecule has 0 radical (unpaired) electrons. The maximum Gasteiger partial charge on any atom is 0.514 e. The second-order valence-corrected chi connectivity index (χ2v) is 23.2. The van der Waals surface area contributed by atoms with Gasteiger partial charge < -0.3 is 63.9 Å². The van der Waals surface area contributed by atoms with Gasteiger partial charge in [-0.05, 0) is 111 Å². The summed E-state index contributed by atoms with van der Waals surface area (Å²) in [5.41, 5.74) is 7.84. The standard InChI is InChI=1S/C26H36N2O9S.C21H30N2O5S.C11H11NO7/c1-4-19(2)37-28(38(31,32)23-12-10-21(33-3)11-13-23)15-25(29)24(14-20-8-6-5-7-9-20)27-26(30)36-22-16-34-18-35-17-22;1-4-16(2)28-23(29(25,26)19-12-10-18(27-3)11-13-19)15-21(24)20(22)14-17-8-6-5-7-9-17;13-11(19-10-5-16-7-17-6-10)18-9-3-1-8(2-4-9)12(14)15/h5-13,19,22,24-25,29H,4,14-18H2,1-3H3,(H,27,30);5-13,16,20-21,24H,4,14-15,22H2,1-3H3;1-4,10H,5-7H2/t19?,24-,25+;16?,20-,21+;/m00./s1. The van der Waals surface area contributed by atoms with Crippen molar-refractivity contribution in [3.63, 3.8) is 0 Å². The third-order valence-electron chi connectivity index (χ3n) is 12.9. The largest absolute Gasteiger partial charge is 0.514 e. The highest BCUT2D eigenvalue weighted by Gasteiger charge is 2.35. The Morgan fingerprint density at radius 3 is 1.45 bits per heavy atom. The molecule has 2 heterocycles. The van der Waals surface area contributed by atoms with Crippen LogP contribution in [0, 0.1) is 10.1 Å². The molecule has 28 heteroatoms. The number of rotatable bonds is 27. The Morgan fingerprint density at radius 2 is 1.03 bits per heavy atom. The maximum absolute atomic E-state index is 13.5. The van der Waals surface area contributed by atoms with Crippen molar-refractivity contribution in [2.24, 2.45) is 5.73 Å². The minimum atomic E-state index is -4.17. The van der Waals surface area contributed by atoms with Gasteiger partial charge in [-0.15, -0.1) is 0 Å². The van der Waals surface area contributed by atoms with E-state index in [0.29, 0.717) is 30.8 Å². The number of hydroxylamine groups is 2. The fraction of sp³-hybridized carbons (Fsp3) is 0.448. The van der Waals surface area contributed by atoms with E-state index in [4.69, 9.17) is 58.0 Å². The lowest BCUT2D eigenvalue weighted by atomic mass is 10.0. The number of nitro benzene ring substituents is 1. The summed E-state index contributed by atoms with van der Waals surface area (Å²) in [5, 5.41) is 35.0. The number of ether oxygens (including phenoxy) is 9. The SMILES string of the molecule is CCC(C)ON(C[C@@H](O)[C@@H](N)Cc1ccccc1)S(=O)(=O)c1ccc(OC)cc1.CCC(C)ON(C[C@@H](O)[C@H](Cc1ccccc1)NC(=O)OC1COCOC1)S(=O)(=O)c1ccc(OC)cc1.O=C(Oc1ccc([N+](=O)[O-])cc1)OC1COCOC1. The minimum Gasteiger partial charge on any atom is -0.497 e. The topological polar surface area (TPSA) is 332 Å². The van der Waals surface area contributed by atoms with Crippen LogP contribution in [0.3, 0.4) is 0 Å². The number of methoxy groups -OCH3 is 2. The van der Waals surface area contributed by atoms with Crippen LogP contribution in [0.5, 0.6) is 17.2 Å². The number of hydrogen-bond donors (Lipinski definition) is 4. The Balaban J connectivity index is 0.000000249. The van der Waals surface area contributed by atoms with Crippen LogP contribution in [-0.2, 0) is 71.0 Å². The predicted molar refractivity (Wildman–Crippen MR) is 310 cm³/mol. The van der Waals surface area contributed by atoms with Gasteiger partial charge >= 0.3 is 12.2 Å². The van der Waals surface area contributed by atoms with E-state index in [-0.39, 0.29) is 80.3 Å². The van der Waals surface area contributed by atoms with Crippen molar-refractivity contribution in [3.8, 4) is 17.2 Å². The zero-order valence-corrected chi connectivity index (χ0v) is 50.3. The smallest absolute Gasteiger partial charge is 0.497 e. The van der Waals surface area contributed by atoms with Gasteiger partial charge in [0.05, 0.1) is 98.9 Å². The average molecular weight is 1240 g/mol. The second-order valence-electron chi connectivity index (χ2n) is 19.5. The number of nitrogens with zero attached hydrogens (tertiary/aromatic N) is 3. The van der Waals surface area contributed by atoms with Crippen molar-refractivity contribution in [2.75, 3.05) is 67.3 Å². The van der Waals surface area contributed by atoms with Crippen molar-refractivity contribution in [3.05, 3.63) is 155 Å². The molecule has 0 spiro atoms. The first-order valence-electron chi connectivity index (χ1n) is 27.4. The molecule has 2 fully saturated rings. The van der Waals surface area contributed by atoms with Gasteiger partial charge in [-0.2, -0.15) is 0 Å². The monoisotopic (exact) mass is 1240 g/mol. The molecule has 7 rings (SSSR count). The van der Waals surface area contributed by atoms with Crippen molar-refractivity contribution < 1.29 is 93.9 Å².